The molecule has 0 spiro atoms. The van der Waals surface area contributed by atoms with Crippen LogP contribution in [0, 0.1) is 0 Å². The Morgan fingerprint density at radius 1 is 1.12 bits per heavy atom. The zero-order chi connectivity index (χ0) is 17.9. The summed E-state index contributed by atoms with van der Waals surface area (Å²) >= 11 is 0. The van der Waals surface area contributed by atoms with Gasteiger partial charge < -0.3 is 9.64 Å². The van der Waals surface area contributed by atoms with Gasteiger partial charge in [0.2, 0.25) is 5.91 Å². The van der Waals surface area contributed by atoms with Gasteiger partial charge in [0.15, 0.2) is 0 Å². The molecule has 1 aliphatic heterocycles. The van der Waals surface area contributed by atoms with E-state index in [1.165, 1.54) is 19.3 Å². The molecule has 0 saturated carbocycles. The average Bonchev–Trinajstić information content (AvgIpc) is 3.13. The standard InChI is InChI=1S/C21H31NO3/c1-2-3-4-5-9-17-25-21(24)19-13-10-16-22(19)20(23)15-14-18-11-7-6-8-12-18/h6-8,11-12,19H,2-5,9-10,13-17H2,1H3. The molecule has 0 radical (unpaired) electrons. The summed E-state index contributed by atoms with van der Waals surface area (Å²) in [5, 5.41) is 0. The summed E-state index contributed by atoms with van der Waals surface area (Å²) in [4.78, 5) is 26.5. The van der Waals surface area contributed by atoms with Crippen LogP contribution in [0.1, 0.15) is 63.9 Å². The van der Waals surface area contributed by atoms with Gasteiger partial charge in [-0.05, 0) is 31.2 Å². The molecule has 0 bridgehead atoms. The number of hydrogen-bond acceptors (Lipinski definition) is 3. The van der Waals surface area contributed by atoms with Gasteiger partial charge in [-0.1, -0.05) is 62.9 Å². The molecule has 1 amide bonds. The van der Waals surface area contributed by atoms with Crippen molar-refractivity contribution in [2.45, 2.75) is 70.8 Å². The molecular weight excluding hydrogens is 314 g/mol. The molecule has 1 aromatic rings. The number of rotatable bonds is 10. The summed E-state index contributed by atoms with van der Waals surface area (Å²) in [5.41, 5.74) is 1.15. The van der Waals surface area contributed by atoms with E-state index in [4.69, 9.17) is 4.74 Å². The maximum atomic E-state index is 12.5. The fraction of sp³-hybridized carbons (Fsp3) is 0.619. The van der Waals surface area contributed by atoms with Crippen LogP contribution in [0.4, 0.5) is 0 Å². The highest BCUT2D eigenvalue weighted by Crippen LogP contribution is 2.20. The Hall–Kier alpha value is -1.84. The quantitative estimate of drug-likeness (QED) is 0.473. The molecule has 1 atom stereocenters. The van der Waals surface area contributed by atoms with E-state index in [0.717, 1.165) is 37.7 Å². The number of esters is 1. The highest BCUT2D eigenvalue weighted by atomic mass is 16.5. The van der Waals surface area contributed by atoms with Crippen molar-refractivity contribution >= 4 is 11.9 Å². The summed E-state index contributed by atoms with van der Waals surface area (Å²) in [6.45, 7) is 3.33. The van der Waals surface area contributed by atoms with Crippen molar-refractivity contribution < 1.29 is 14.3 Å². The molecule has 1 aromatic carbocycles. The summed E-state index contributed by atoms with van der Waals surface area (Å²) in [6.07, 6.45) is 8.44. The van der Waals surface area contributed by atoms with E-state index >= 15 is 0 Å². The maximum Gasteiger partial charge on any atom is 0.328 e. The lowest BCUT2D eigenvalue weighted by molar-refractivity contribution is -0.153. The van der Waals surface area contributed by atoms with Crippen LogP contribution >= 0.6 is 0 Å². The van der Waals surface area contributed by atoms with Crippen molar-refractivity contribution in [3.8, 4) is 0 Å². The van der Waals surface area contributed by atoms with Gasteiger partial charge in [-0.15, -0.1) is 0 Å². The SMILES string of the molecule is CCCCCCCOC(=O)C1CCCN1C(=O)CCc1ccccc1. The van der Waals surface area contributed by atoms with Crippen LogP contribution < -0.4 is 0 Å². The Morgan fingerprint density at radius 3 is 2.64 bits per heavy atom. The molecule has 138 valence electrons. The van der Waals surface area contributed by atoms with Gasteiger partial charge in [-0.25, -0.2) is 4.79 Å². The molecule has 0 N–H and O–H groups in total. The zero-order valence-corrected chi connectivity index (χ0v) is 15.4. The van der Waals surface area contributed by atoms with E-state index in [0.29, 0.717) is 19.6 Å². The van der Waals surface area contributed by atoms with Gasteiger partial charge in [-0.2, -0.15) is 0 Å². The summed E-state index contributed by atoms with van der Waals surface area (Å²) in [6, 6.07) is 9.62. The van der Waals surface area contributed by atoms with Crippen molar-refractivity contribution in [1.29, 1.82) is 0 Å². The van der Waals surface area contributed by atoms with E-state index in [-0.39, 0.29) is 17.9 Å². The predicted molar refractivity (Wildman–Crippen MR) is 99.2 cm³/mol. The molecule has 1 fully saturated rings. The smallest absolute Gasteiger partial charge is 0.328 e. The monoisotopic (exact) mass is 345 g/mol. The number of ether oxygens (including phenoxy) is 1. The molecule has 1 heterocycles. The summed E-state index contributed by atoms with van der Waals surface area (Å²) in [7, 11) is 0. The first kappa shape index (κ1) is 19.5. The average molecular weight is 345 g/mol. The van der Waals surface area contributed by atoms with Gasteiger partial charge in [-0.3, -0.25) is 4.79 Å². The topological polar surface area (TPSA) is 46.6 Å². The number of unbranched alkanes of at least 4 members (excludes halogenated alkanes) is 4. The normalized spacial score (nSPS) is 16.8. The maximum absolute atomic E-state index is 12.5. The van der Waals surface area contributed by atoms with Crippen LogP contribution in [0.25, 0.3) is 0 Å². The lowest BCUT2D eigenvalue weighted by Gasteiger charge is -2.23. The number of hydrogen-bond donors (Lipinski definition) is 0. The minimum atomic E-state index is -0.376. The Kier molecular flexibility index (Phi) is 8.50. The molecule has 1 saturated heterocycles. The van der Waals surface area contributed by atoms with Crippen LogP contribution in [0.5, 0.6) is 0 Å². The Bertz CT molecular complexity index is 529. The lowest BCUT2D eigenvalue weighted by Crippen LogP contribution is -2.41. The Balaban J connectivity index is 1.72. The van der Waals surface area contributed by atoms with E-state index in [1.807, 2.05) is 30.3 Å². The third-order valence-corrected chi connectivity index (χ3v) is 4.81. The minimum Gasteiger partial charge on any atom is -0.464 e. The summed E-state index contributed by atoms with van der Waals surface area (Å²) in [5.74, 6) is -0.160. The fourth-order valence-electron chi connectivity index (χ4n) is 3.32. The van der Waals surface area contributed by atoms with E-state index in [9.17, 15) is 9.59 Å². The summed E-state index contributed by atoms with van der Waals surface area (Å²) < 4.78 is 5.42. The molecule has 0 aromatic heterocycles. The van der Waals surface area contributed by atoms with Crippen molar-refractivity contribution in [3.63, 3.8) is 0 Å². The number of benzene rings is 1. The van der Waals surface area contributed by atoms with Crippen molar-refractivity contribution in [2.24, 2.45) is 0 Å². The van der Waals surface area contributed by atoms with Crippen LogP contribution in [0.2, 0.25) is 0 Å². The van der Waals surface area contributed by atoms with Gasteiger partial charge in [0.05, 0.1) is 6.61 Å². The van der Waals surface area contributed by atoms with Crippen molar-refractivity contribution in [3.05, 3.63) is 35.9 Å². The predicted octanol–water partition coefficient (Wildman–Crippen LogP) is 4.12. The number of carbonyl (C=O) groups is 2. The van der Waals surface area contributed by atoms with Crippen LogP contribution in [-0.2, 0) is 20.7 Å². The molecule has 2 rings (SSSR count). The van der Waals surface area contributed by atoms with E-state index in [1.54, 1.807) is 4.90 Å². The number of amides is 1. The largest absolute Gasteiger partial charge is 0.464 e. The zero-order valence-electron chi connectivity index (χ0n) is 15.4. The Labute approximate surface area is 151 Å². The molecule has 4 heteroatoms. The number of carbonyl (C=O) groups excluding carboxylic acids is 2. The van der Waals surface area contributed by atoms with Gasteiger partial charge in [0.25, 0.3) is 0 Å². The second-order valence-electron chi connectivity index (χ2n) is 6.81. The number of nitrogens with zero attached hydrogens (tertiary/aromatic N) is 1. The third kappa shape index (κ3) is 6.52. The number of likely N-dealkylation sites (tertiary alicyclic amines) is 1. The first-order chi connectivity index (χ1) is 12.2. The van der Waals surface area contributed by atoms with Crippen molar-refractivity contribution in [2.75, 3.05) is 13.2 Å². The van der Waals surface area contributed by atoms with Gasteiger partial charge in [0.1, 0.15) is 6.04 Å². The minimum absolute atomic E-state index is 0.0613. The van der Waals surface area contributed by atoms with Crippen LogP contribution in [0.3, 0.4) is 0 Å². The van der Waals surface area contributed by atoms with Crippen LogP contribution in [-0.4, -0.2) is 36.0 Å². The molecule has 1 unspecified atom stereocenters. The molecule has 25 heavy (non-hydrogen) atoms. The highest BCUT2D eigenvalue weighted by Gasteiger charge is 2.34. The highest BCUT2D eigenvalue weighted by molar-refractivity contribution is 5.85. The van der Waals surface area contributed by atoms with E-state index < -0.39 is 0 Å². The molecule has 1 aliphatic rings. The molecule has 0 aliphatic carbocycles. The second-order valence-corrected chi connectivity index (χ2v) is 6.81. The van der Waals surface area contributed by atoms with Gasteiger partial charge >= 0.3 is 5.97 Å². The second kappa shape index (κ2) is 10.9. The van der Waals surface area contributed by atoms with E-state index in [2.05, 4.69) is 6.92 Å². The van der Waals surface area contributed by atoms with Crippen molar-refractivity contribution in [1.82, 2.24) is 4.90 Å². The lowest BCUT2D eigenvalue weighted by atomic mass is 10.1. The number of aryl methyl sites for hydroxylation is 1. The third-order valence-electron chi connectivity index (χ3n) is 4.81. The Morgan fingerprint density at radius 2 is 1.88 bits per heavy atom. The van der Waals surface area contributed by atoms with Crippen LogP contribution in [0.15, 0.2) is 30.3 Å². The van der Waals surface area contributed by atoms with Gasteiger partial charge in [0, 0.05) is 13.0 Å². The fourth-order valence-corrected chi connectivity index (χ4v) is 3.32. The molecular formula is C21H31NO3. The first-order valence-corrected chi connectivity index (χ1v) is 9.72. The molecule has 4 nitrogen and oxygen atoms in total. The first-order valence-electron chi connectivity index (χ1n) is 9.72.